The van der Waals surface area contributed by atoms with Crippen LogP contribution in [0.25, 0.3) is 5.69 Å². The number of nitrogens with one attached hydrogen (secondary N) is 1. The lowest BCUT2D eigenvalue weighted by atomic mass is 10.2. The average molecular weight is 353 g/mol. The summed E-state index contributed by atoms with van der Waals surface area (Å²) in [6.07, 6.45) is 0. The summed E-state index contributed by atoms with van der Waals surface area (Å²) in [6.45, 7) is 4.38. The maximum absolute atomic E-state index is 12.3. The standard InChI is InChI=1S/C18H19N5OS/c1-13-8-10-16(11-9-13)23-18(20-21-22-23)25-14(2)17(24)19-12-15-6-4-3-5-7-15/h3-11,14H,12H2,1-2H3,(H,19,24). The minimum atomic E-state index is -0.307. The van der Waals surface area contributed by atoms with E-state index in [0.717, 1.165) is 11.3 Å². The molecule has 0 saturated carbocycles. The summed E-state index contributed by atoms with van der Waals surface area (Å²) in [5.41, 5.74) is 3.10. The van der Waals surface area contributed by atoms with Crippen LogP contribution in [0, 0.1) is 6.92 Å². The monoisotopic (exact) mass is 353 g/mol. The zero-order valence-corrected chi connectivity index (χ0v) is 14.9. The molecule has 0 aliphatic rings. The smallest absolute Gasteiger partial charge is 0.233 e. The van der Waals surface area contributed by atoms with Crippen LogP contribution in [0.3, 0.4) is 0 Å². The summed E-state index contributed by atoms with van der Waals surface area (Å²) in [6, 6.07) is 17.7. The summed E-state index contributed by atoms with van der Waals surface area (Å²) in [7, 11) is 0. The normalized spacial score (nSPS) is 11.9. The summed E-state index contributed by atoms with van der Waals surface area (Å²) in [5, 5.41) is 15.0. The highest BCUT2D eigenvalue weighted by Crippen LogP contribution is 2.23. The van der Waals surface area contributed by atoms with E-state index in [1.165, 1.54) is 17.3 Å². The van der Waals surface area contributed by atoms with E-state index in [2.05, 4.69) is 20.8 Å². The van der Waals surface area contributed by atoms with E-state index >= 15 is 0 Å². The number of amides is 1. The van der Waals surface area contributed by atoms with Crippen molar-refractivity contribution in [2.24, 2.45) is 0 Å². The zero-order chi connectivity index (χ0) is 17.6. The van der Waals surface area contributed by atoms with Gasteiger partial charge in [-0.15, -0.1) is 5.10 Å². The first-order valence-electron chi connectivity index (χ1n) is 7.97. The summed E-state index contributed by atoms with van der Waals surface area (Å²) in [5.74, 6) is -0.0488. The number of aryl methyl sites for hydroxylation is 1. The fraction of sp³-hybridized carbons (Fsp3) is 0.222. The van der Waals surface area contributed by atoms with Crippen LogP contribution in [0.1, 0.15) is 18.1 Å². The van der Waals surface area contributed by atoms with Crippen molar-refractivity contribution in [2.45, 2.75) is 30.8 Å². The molecule has 0 aliphatic heterocycles. The number of rotatable bonds is 6. The van der Waals surface area contributed by atoms with Gasteiger partial charge in [-0.25, -0.2) is 0 Å². The van der Waals surface area contributed by atoms with Gasteiger partial charge in [-0.05, 0) is 42.0 Å². The molecule has 1 N–H and O–H groups in total. The molecule has 0 bridgehead atoms. The average Bonchev–Trinajstić information content (AvgIpc) is 3.09. The number of benzene rings is 2. The minimum Gasteiger partial charge on any atom is -0.351 e. The van der Waals surface area contributed by atoms with Crippen molar-refractivity contribution >= 4 is 17.7 Å². The second kappa shape index (κ2) is 7.94. The Kier molecular flexibility index (Phi) is 5.45. The SMILES string of the molecule is Cc1ccc(-n2nnnc2SC(C)C(=O)NCc2ccccc2)cc1. The molecular weight excluding hydrogens is 334 g/mol. The summed E-state index contributed by atoms with van der Waals surface area (Å²) < 4.78 is 1.64. The molecule has 2 aromatic carbocycles. The molecule has 25 heavy (non-hydrogen) atoms. The number of tetrazole rings is 1. The van der Waals surface area contributed by atoms with E-state index in [1.54, 1.807) is 4.68 Å². The van der Waals surface area contributed by atoms with Gasteiger partial charge in [0.2, 0.25) is 11.1 Å². The Labute approximate surface area is 150 Å². The molecular formula is C18H19N5OS. The van der Waals surface area contributed by atoms with Crippen LogP contribution >= 0.6 is 11.8 Å². The van der Waals surface area contributed by atoms with Crippen LogP contribution in [0.2, 0.25) is 0 Å². The Hall–Kier alpha value is -2.67. The van der Waals surface area contributed by atoms with Crippen molar-refractivity contribution in [2.75, 3.05) is 0 Å². The molecule has 1 atom stereocenters. The third-order valence-electron chi connectivity index (χ3n) is 3.68. The second-order valence-corrected chi connectivity index (χ2v) is 6.98. The van der Waals surface area contributed by atoms with Crippen molar-refractivity contribution in [3.63, 3.8) is 0 Å². The van der Waals surface area contributed by atoms with E-state index < -0.39 is 0 Å². The fourth-order valence-electron chi connectivity index (χ4n) is 2.24. The topological polar surface area (TPSA) is 72.7 Å². The van der Waals surface area contributed by atoms with Crippen LogP contribution in [0.4, 0.5) is 0 Å². The van der Waals surface area contributed by atoms with Crippen LogP contribution < -0.4 is 5.32 Å². The number of carbonyl (C=O) groups is 1. The highest BCUT2D eigenvalue weighted by molar-refractivity contribution is 8.00. The maximum atomic E-state index is 12.3. The largest absolute Gasteiger partial charge is 0.351 e. The van der Waals surface area contributed by atoms with Gasteiger partial charge in [0, 0.05) is 6.54 Å². The lowest BCUT2D eigenvalue weighted by Gasteiger charge is -2.12. The van der Waals surface area contributed by atoms with Crippen molar-refractivity contribution < 1.29 is 4.79 Å². The third kappa shape index (κ3) is 4.45. The predicted molar refractivity (Wildman–Crippen MR) is 97.5 cm³/mol. The first-order chi connectivity index (χ1) is 12.1. The van der Waals surface area contributed by atoms with Crippen molar-refractivity contribution in [1.82, 2.24) is 25.5 Å². The molecule has 128 valence electrons. The van der Waals surface area contributed by atoms with Gasteiger partial charge in [0.05, 0.1) is 10.9 Å². The number of hydrogen-bond donors (Lipinski definition) is 1. The Morgan fingerprint density at radius 3 is 2.60 bits per heavy atom. The fourth-order valence-corrected chi connectivity index (χ4v) is 3.07. The Balaban J connectivity index is 1.63. The number of hydrogen-bond acceptors (Lipinski definition) is 5. The van der Waals surface area contributed by atoms with Gasteiger partial charge in [-0.3, -0.25) is 4.79 Å². The Morgan fingerprint density at radius 1 is 1.16 bits per heavy atom. The molecule has 7 heteroatoms. The second-order valence-electron chi connectivity index (χ2n) is 5.67. The van der Waals surface area contributed by atoms with Crippen LogP contribution in [-0.2, 0) is 11.3 Å². The minimum absolute atomic E-state index is 0.0488. The van der Waals surface area contributed by atoms with Gasteiger partial charge in [-0.1, -0.05) is 59.8 Å². The molecule has 1 heterocycles. The van der Waals surface area contributed by atoms with E-state index in [-0.39, 0.29) is 11.2 Å². The summed E-state index contributed by atoms with van der Waals surface area (Å²) >= 11 is 1.33. The molecule has 0 saturated heterocycles. The lowest BCUT2D eigenvalue weighted by molar-refractivity contribution is -0.120. The predicted octanol–water partition coefficient (Wildman–Crippen LogP) is 2.77. The molecule has 3 rings (SSSR count). The molecule has 0 radical (unpaired) electrons. The molecule has 0 spiro atoms. The van der Waals surface area contributed by atoms with E-state index in [0.29, 0.717) is 11.7 Å². The third-order valence-corrected chi connectivity index (χ3v) is 4.71. The number of aromatic nitrogens is 4. The van der Waals surface area contributed by atoms with Gasteiger partial charge in [0.25, 0.3) is 0 Å². The van der Waals surface area contributed by atoms with Crippen LogP contribution in [0.5, 0.6) is 0 Å². The molecule has 3 aromatic rings. The summed E-state index contributed by atoms with van der Waals surface area (Å²) in [4.78, 5) is 12.3. The van der Waals surface area contributed by atoms with Gasteiger partial charge >= 0.3 is 0 Å². The molecule has 0 aliphatic carbocycles. The molecule has 6 nitrogen and oxygen atoms in total. The number of nitrogens with zero attached hydrogens (tertiary/aromatic N) is 4. The Bertz CT molecular complexity index is 832. The Morgan fingerprint density at radius 2 is 1.88 bits per heavy atom. The first-order valence-corrected chi connectivity index (χ1v) is 8.85. The maximum Gasteiger partial charge on any atom is 0.233 e. The molecule has 1 aromatic heterocycles. The molecule has 1 unspecified atom stereocenters. The highest BCUT2D eigenvalue weighted by Gasteiger charge is 2.19. The van der Waals surface area contributed by atoms with Crippen LogP contribution in [0.15, 0.2) is 59.8 Å². The van der Waals surface area contributed by atoms with Gasteiger partial charge in [0.15, 0.2) is 0 Å². The zero-order valence-electron chi connectivity index (χ0n) is 14.1. The van der Waals surface area contributed by atoms with E-state index in [9.17, 15) is 4.79 Å². The van der Waals surface area contributed by atoms with Crippen LogP contribution in [-0.4, -0.2) is 31.4 Å². The first kappa shape index (κ1) is 17.2. The van der Waals surface area contributed by atoms with Crippen molar-refractivity contribution in [3.8, 4) is 5.69 Å². The number of carbonyl (C=O) groups excluding carboxylic acids is 1. The van der Waals surface area contributed by atoms with Crippen molar-refractivity contribution in [3.05, 3.63) is 65.7 Å². The van der Waals surface area contributed by atoms with E-state index in [4.69, 9.17) is 0 Å². The number of thioether (sulfide) groups is 1. The van der Waals surface area contributed by atoms with Gasteiger partial charge in [0.1, 0.15) is 0 Å². The van der Waals surface area contributed by atoms with E-state index in [1.807, 2.05) is 68.4 Å². The quantitative estimate of drug-likeness (QED) is 0.690. The highest BCUT2D eigenvalue weighted by atomic mass is 32.2. The molecule has 0 fully saturated rings. The molecule has 1 amide bonds. The van der Waals surface area contributed by atoms with Gasteiger partial charge < -0.3 is 5.32 Å². The van der Waals surface area contributed by atoms with Gasteiger partial charge in [-0.2, -0.15) is 4.68 Å². The van der Waals surface area contributed by atoms with Crippen molar-refractivity contribution in [1.29, 1.82) is 0 Å². The lowest BCUT2D eigenvalue weighted by Crippen LogP contribution is -2.30.